The third kappa shape index (κ3) is 3.88. The number of pyridine rings is 1. The van der Waals surface area contributed by atoms with E-state index in [0.29, 0.717) is 11.7 Å². The molecule has 2 aromatic heterocycles. The van der Waals surface area contributed by atoms with Gasteiger partial charge in [-0.3, -0.25) is 14.7 Å². The fraction of sp³-hybridized carbons (Fsp3) is 0.571. The quantitative estimate of drug-likeness (QED) is 0.766. The molecule has 4 rings (SSSR count). The number of nitrogens with zero attached hydrogens (tertiary/aromatic N) is 4. The Hall–Kier alpha value is -2.01. The van der Waals surface area contributed by atoms with Gasteiger partial charge in [0.1, 0.15) is 5.69 Å². The summed E-state index contributed by atoms with van der Waals surface area (Å²) in [6.07, 6.45) is 14.3. The SMILES string of the molecule is O=C(c1ccccn1)[C@H]1CCCN(Cc2cncn2C2CCCCC2)C1. The monoisotopic (exact) mass is 352 g/mol. The second-order valence-electron chi connectivity index (χ2n) is 7.74. The van der Waals surface area contributed by atoms with Crippen LogP contribution in [-0.2, 0) is 6.54 Å². The Morgan fingerprint density at radius 3 is 2.81 bits per heavy atom. The van der Waals surface area contributed by atoms with Gasteiger partial charge in [-0.2, -0.15) is 0 Å². The highest BCUT2D eigenvalue weighted by Crippen LogP contribution is 2.30. The highest BCUT2D eigenvalue weighted by Gasteiger charge is 2.28. The first-order chi connectivity index (χ1) is 12.8. The van der Waals surface area contributed by atoms with Gasteiger partial charge in [-0.15, -0.1) is 0 Å². The minimum absolute atomic E-state index is 0.0599. The van der Waals surface area contributed by atoms with Crippen LogP contribution in [0.25, 0.3) is 0 Å². The lowest BCUT2D eigenvalue weighted by molar-refractivity contribution is 0.0802. The van der Waals surface area contributed by atoms with Gasteiger partial charge < -0.3 is 4.57 Å². The molecule has 1 aliphatic heterocycles. The molecule has 0 unspecified atom stereocenters. The van der Waals surface area contributed by atoms with Gasteiger partial charge in [-0.1, -0.05) is 25.3 Å². The van der Waals surface area contributed by atoms with Crippen LogP contribution in [0.4, 0.5) is 0 Å². The minimum Gasteiger partial charge on any atom is -0.330 e. The number of aromatic nitrogens is 3. The van der Waals surface area contributed by atoms with Gasteiger partial charge in [0.2, 0.25) is 0 Å². The summed E-state index contributed by atoms with van der Waals surface area (Å²) < 4.78 is 2.39. The average molecular weight is 352 g/mol. The van der Waals surface area contributed by atoms with Gasteiger partial charge in [-0.05, 0) is 44.4 Å². The van der Waals surface area contributed by atoms with E-state index in [2.05, 4.69) is 19.4 Å². The molecule has 0 N–H and O–H groups in total. The number of imidazole rings is 1. The molecule has 0 aromatic carbocycles. The van der Waals surface area contributed by atoms with Crippen LogP contribution in [0, 0.1) is 5.92 Å². The summed E-state index contributed by atoms with van der Waals surface area (Å²) in [5.74, 6) is 0.251. The first-order valence-electron chi connectivity index (χ1n) is 9.99. The maximum atomic E-state index is 12.8. The van der Waals surface area contributed by atoms with Crippen molar-refractivity contribution >= 4 is 5.78 Å². The normalized spacial score (nSPS) is 22.4. The van der Waals surface area contributed by atoms with E-state index in [-0.39, 0.29) is 11.7 Å². The van der Waals surface area contributed by atoms with Crippen molar-refractivity contribution in [1.29, 1.82) is 0 Å². The molecule has 1 saturated heterocycles. The van der Waals surface area contributed by atoms with Crippen molar-refractivity contribution in [2.75, 3.05) is 13.1 Å². The first-order valence-corrected chi connectivity index (χ1v) is 9.99. The summed E-state index contributed by atoms with van der Waals surface area (Å²) in [4.78, 5) is 23.8. The van der Waals surface area contributed by atoms with Crippen molar-refractivity contribution < 1.29 is 4.79 Å². The zero-order chi connectivity index (χ0) is 17.8. The summed E-state index contributed by atoms with van der Waals surface area (Å²) in [7, 11) is 0. The second-order valence-corrected chi connectivity index (χ2v) is 7.74. The zero-order valence-electron chi connectivity index (χ0n) is 15.4. The number of hydrogen-bond acceptors (Lipinski definition) is 4. The Kier molecular flexibility index (Phi) is 5.44. The molecule has 0 radical (unpaired) electrons. The Bertz CT molecular complexity index is 721. The molecule has 26 heavy (non-hydrogen) atoms. The lowest BCUT2D eigenvalue weighted by Gasteiger charge is -2.33. The molecule has 2 aliphatic rings. The molecule has 0 amide bonds. The van der Waals surface area contributed by atoms with Crippen molar-refractivity contribution in [3.05, 3.63) is 48.3 Å². The molecule has 1 aliphatic carbocycles. The van der Waals surface area contributed by atoms with Crippen LogP contribution < -0.4 is 0 Å². The Morgan fingerprint density at radius 1 is 1.12 bits per heavy atom. The van der Waals surface area contributed by atoms with E-state index in [9.17, 15) is 4.79 Å². The highest BCUT2D eigenvalue weighted by molar-refractivity contribution is 5.96. The number of hydrogen-bond donors (Lipinski definition) is 0. The van der Waals surface area contributed by atoms with Crippen LogP contribution in [0.1, 0.15) is 67.2 Å². The zero-order valence-corrected chi connectivity index (χ0v) is 15.4. The van der Waals surface area contributed by atoms with Crippen molar-refractivity contribution in [3.8, 4) is 0 Å². The molecular formula is C21H28N4O. The molecule has 5 nitrogen and oxygen atoms in total. The fourth-order valence-electron chi connectivity index (χ4n) is 4.50. The van der Waals surface area contributed by atoms with E-state index in [1.165, 1.54) is 37.8 Å². The predicted molar refractivity (Wildman–Crippen MR) is 101 cm³/mol. The number of rotatable bonds is 5. The lowest BCUT2D eigenvalue weighted by Crippen LogP contribution is -2.39. The summed E-state index contributed by atoms with van der Waals surface area (Å²) >= 11 is 0. The summed E-state index contributed by atoms with van der Waals surface area (Å²) in [5.41, 5.74) is 1.90. The molecule has 5 heteroatoms. The maximum absolute atomic E-state index is 12.8. The maximum Gasteiger partial charge on any atom is 0.185 e. The number of piperidine rings is 1. The lowest BCUT2D eigenvalue weighted by atomic mass is 9.91. The summed E-state index contributed by atoms with van der Waals surface area (Å²) in [5, 5.41) is 0. The van der Waals surface area contributed by atoms with Crippen molar-refractivity contribution in [1.82, 2.24) is 19.4 Å². The van der Waals surface area contributed by atoms with Crippen LogP contribution in [0.5, 0.6) is 0 Å². The Labute approximate surface area is 155 Å². The van der Waals surface area contributed by atoms with E-state index in [1.54, 1.807) is 6.20 Å². The van der Waals surface area contributed by atoms with Crippen LogP contribution in [-0.4, -0.2) is 38.3 Å². The molecule has 2 fully saturated rings. The molecule has 2 aromatic rings. The summed E-state index contributed by atoms with van der Waals surface area (Å²) in [6, 6.07) is 6.19. The Balaban J connectivity index is 1.41. The molecule has 1 atom stereocenters. The van der Waals surface area contributed by atoms with E-state index in [1.807, 2.05) is 30.7 Å². The van der Waals surface area contributed by atoms with Gasteiger partial charge in [0.15, 0.2) is 5.78 Å². The van der Waals surface area contributed by atoms with Crippen molar-refractivity contribution in [2.45, 2.75) is 57.5 Å². The van der Waals surface area contributed by atoms with Crippen molar-refractivity contribution in [3.63, 3.8) is 0 Å². The predicted octanol–water partition coefficient (Wildman–Crippen LogP) is 3.88. The number of likely N-dealkylation sites (tertiary alicyclic amines) is 1. The molecule has 0 spiro atoms. The average Bonchev–Trinajstić information content (AvgIpc) is 3.17. The third-order valence-corrected chi connectivity index (χ3v) is 5.89. The molecule has 0 bridgehead atoms. The standard InChI is InChI=1S/C21H28N4O/c26-21(20-10-4-5-11-23-20)17-7-6-12-24(14-17)15-19-13-22-16-25(19)18-8-2-1-3-9-18/h4-5,10-11,13,16-18H,1-3,6-9,12,14-15H2/t17-/m0/s1. The Morgan fingerprint density at radius 2 is 2.00 bits per heavy atom. The number of Topliss-reactive ketones (excluding diaryl/α,β-unsaturated/α-hetero) is 1. The van der Waals surface area contributed by atoms with Crippen LogP contribution in [0.3, 0.4) is 0 Å². The van der Waals surface area contributed by atoms with Gasteiger partial charge in [0.25, 0.3) is 0 Å². The van der Waals surface area contributed by atoms with Gasteiger partial charge >= 0.3 is 0 Å². The largest absolute Gasteiger partial charge is 0.330 e. The second kappa shape index (κ2) is 8.12. The van der Waals surface area contributed by atoms with Gasteiger partial charge in [-0.25, -0.2) is 4.98 Å². The number of carbonyl (C=O) groups excluding carboxylic acids is 1. The fourth-order valence-corrected chi connectivity index (χ4v) is 4.50. The van der Waals surface area contributed by atoms with Crippen LogP contribution in [0.15, 0.2) is 36.9 Å². The van der Waals surface area contributed by atoms with Gasteiger partial charge in [0.05, 0.1) is 12.0 Å². The number of ketones is 1. The highest BCUT2D eigenvalue weighted by atomic mass is 16.1. The third-order valence-electron chi connectivity index (χ3n) is 5.89. The summed E-state index contributed by atoms with van der Waals surface area (Å²) in [6.45, 7) is 2.77. The first kappa shape index (κ1) is 17.4. The van der Waals surface area contributed by atoms with E-state index < -0.39 is 0 Å². The minimum atomic E-state index is 0.0599. The van der Waals surface area contributed by atoms with Crippen LogP contribution in [0.2, 0.25) is 0 Å². The van der Waals surface area contributed by atoms with E-state index >= 15 is 0 Å². The molecular weight excluding hydrogens is 324 g/mol. The topological polar surface area (TPSA) is 51.0 Å². The van der Waals surface area contributed by atoms with Crippen molar-refractivity contribution in [2.24, 2.45) is 5.92 Å². The smallest absolute Gasteiger partial charge is 0.185 e. The number of carbonyl (C=O) groups is 1. The van der Waals surface area contributed by atoms with E-state index in [4.69, 9.17) is 0 Å². The molecule has 138 valence electrons. The molecule has 3 heterocycles. The van der Waals surface area contributed by atoms with E-state index in [0.717, 1.165) is 32.5 Å². The van der Waals surface area contributed by atoms with Crippen LogP contribution >= 0.6 is 0 Å². The van der Waals surface area contributed by atoms with Gasteiger partial charge in [0, 0.05) is 37.4 Å². The molecule has 1 saturated carbocycles.